The second-order valence-corrected chi connectivity index (χ2v) is 8.47. The molecule has 1 aliphatic carbocycles. The van der Waals surface area contributed by atoms with Crippen molar-refractivity contribution in [2.45, 2.75) is 36.9 Å². The Morgan fingerprint density at radius 2 is 1.87 bits per heavy atom. The number of carbonyl (C=O) groups excluding carboxylic acids is 1. The number of nitrogens with one attached hydrogen (secondary N) is 1. The minimum absolute atomic E-state index is 0.228. The van der Waals surface area contributed by atoms with E-state index in [2.05, 4.69) is 4.72 Å². The molecule has 128 valence electrons. The van der Waals surface area contributed by atoms with Crippen LogP contribution in [0.25, 0.3) is 0 Å². The molecule has 1 N–H and O–H groups in total. The van der Waals surface area contributed by atoms with Crippen LogP contribution in [0.4, 0.5) is 4.39 Å². The molecule has 0 unspecified atom stereocenters. The van der Waals surface area contributed by atoms with E-state index in [1.165, 1.54) is 38.1 Å². The van der Waals surface area contributed by atoms with Crippen LogP contribution >= 0.6 is 0 Å². The first-order valence-corrected chi connectivity index (χ1v) is 9.18. The molecule has 2 rings (SSSR count). The Morgan fingerprint density at radius 1 is 1.30 bits per heavy atom. The highest BCUT2D eigenvalue weighted by molar-refractivity contribution is 7.90. The van der Waals surface area contributed by atoms with Crippen molar-refractivity contribution in [1.82, 2.24) is 9.62 Å². The number of nitrogens with zero attached hydrogens (tertiary/aromatic N) is 1. The average Bonchev–Trinajstić information content (AvgIpc) is 2.46. The lowest BCUT2D eigenvalue weighted by Gasteiger charge is -2.42. The second kappa shape index (κ2) is 6.57. The summed E-state index contributed by atoms with van der Waals surface area (Å²) >= 11 is 0. The molecule has 1 aromatic carbocycles. The van der Waals surface area contributed by atoms with Crippen LogP contribution in [-0.4, -0.2) is 45.1 Å². The van der Waals surface area contributed by atoms with Crippen molar-refractivity contribution in [3.63, 3.8) is 0 Å². The van der Waals surface area contributed by atoms with Crippen molar-refractivity contribution in [3.05, 3.63) is 35.6 Å². The van der Waals surface area contributed by atoms with Crippen molar-refractivity contribution in [3.8, 4) is 0 Å². The topological polar surface area (TPSA) is 66.5 Å². The van der Waals surface area contributed by atoms with E-state index in [0.717, 1.165) is 24.8 Å². The Balaban J connectivity index is 2.11. The first-order valence-electron chi connectivity index (χ1n) is 7.64. The molecule has 0 aliphatic heterocycles. The van der Waals surface area contributed by atoms with Gasteiger partial charge in [-0.15, -0.1) is 0 Å². The van der Waals surface area contributed by atoms with Gasteiger partial charge in [0.1, 0.15) is 5.82 Å². The van der Waals surface area contributed by atoms with Gasteiger partial charge in [0.15, 0.2) is 5.25 Å². The summed E-state index contributed by atoms with van der Waals surface area (Å²) in [6, 6.07) is 6.19. The van der Waals surface area contributed by atoms with Crippen LogP contribution in [0.3, 0.4) is 0 Å². The van der Waals surface area contributed by atoms with Gasteiger partial charge in [-0.05, 0) is 37.5 Å². The van der Waals surface area contributed by atoms with Crippen LogP contribution < -0.4 is 4.72 Å². The summed E-state index contributed by atoms with van der Waals surface area (Å²) in [6.07, 6.45) is 2.69. The van der Waals surface area contributed by atoms with Crippen LogP contribution in [0, 0.1) is 5.82 Å². The molecule has 0 spiro atoms. The second-order valence-electron chi connectivity index (χ2n) is 6.38. The average molecular weight is 342 g/mol. The van der Waals surface area contributed by atoms with Crippen molar-refractivity contribution >= 4 is 15.9 Å². The maximum absolute atomic E-state index is 13.1. The zero-order valence-corrected chi connectivity index (χ0v) is 14.5. The van der Waals surface area contributed by atoms with E-state index in [4.69, 9.17) is 0 Å². The first kappa shape index (κ1) is 17.9. The molecule has 0 radical (unpaired) electrons. The lowest BCUT2D eigenvalue weighted by atomic mass is 9.64. The van der Waals surface area contributed by atoms with Gasteiger partial charge in [0.05, 0.1) is 0 Å². The molecule has 0 heterocycles. The van der Waals surface area contributed by atoms with Crippen molar-refractivity contribution in [1.29, 1.82) is 0 Å². The molecule has 1 aliphatic rings. The van der Waals surface area contributed by atoms with Gasteiger partial charge in [-0.1, -0.05) is 18.6 Å². The van der Waals surface area contributed by atoms with Gasteiger partial charge in [0.2, 0.25) is 15.9 Å². The highest BCUT2D eigenvalue weighted by Crippen LogP contribution is 2.43. The standard InChI is InChI=1S/C16H23FN2O3S/c1-12(15(20)19(2)3)23(21,22)18-11-16(9-4-10-16)13-5-7-14(17)8-6-13/h5-8,12,18H,4,9-11H2,1-3H3/t12-/m0/s1. The summed E-state index contributed by atoms with van der Waals surface area (Å²) in [5.74, 6) is -0.768. The molecule has 1 atom stereocenters. The molecule has 0 aromatic heterocycles. The smallest absolute Gasteiger partial charge is 0.241 e. The summed E-state index contributed by atoms with van der Waals surface area (Å²) in [5, 5.41) is -1.14. The number of benzene rings is 1. The van der Waals surface area contributed by atoms with E-state index in [9.17, 15) is 17.6 Å². The third kappa shape index (κ3) is 3.72. The lowest BCUT2D eigenvalue weighted by molar-refractivity contribution is -0.127. The first-order chi connectivity index (χ1) is 10.7. The fourth-order valence-electron chi connectivity index (χ4n) is 2.83. The van der Waals surface area contributed by atoms with E-state index < -0.39 is 21.2 Å². The Labute approximate surface area is 136 Å². The summed E-state index contributed by atoms with van der Waals surface area (Å²) in [6.45, 7) is 1.61. The van der Waals surface area contributed by atoms with E-state index in [1.54, 1.807) is 12.1 Å². The zero-order valence-electron chi connectivity index (χ0n) is 13.7. The minimum atomic E-state index is -3.75. The summed E-state index contributed by atoms with van der Waals surface area (Å²) in [5.41, 5.74) is 0.626. The van der Waals surface area contributed by atoms with Crippen molar-refractivity contribution < 1.29 is 17.6 Å². The predicted molar refractivity (Wildman–Crippen MR) is 87.0 cm³/mol. The minimum Gasteiger partial charge on any atom is -0.348 e. The number of rotatable bonds is 6. The van der Waals surface area contributed by atoms with Gasteiger partial charge in [-0.25, -0.2) is 17.5 Å². The molecule has 7 heteroatoms. The lowest BCUT2D eigenvalue weighted by Crippen LogP contribution is -2.49. The maximum atomic E-state index is 13.1. The van der Waals surface area contributed by atoms with Crippen LogP contribution in [0.5, 0.6) is 0 Å². The molecular formula is C16H23FN2O3S. The van der Waals surface area contributed by atoms with Gasteiger partial charge < -0.3 is 4.90 Å². The third-order valence-electron chi connectivity index (χ3n) is 4.63. The quantitative estimate of drug-likeness (QED) is 0.855. The Morgan fingerprint density at radius 3 is 2.30 bits per heavy atom. The highest BCUT2D eigenvalue weighted by Gasteiger charge is 2.40. The van der Waals surface area contributed by atoms with Gasteiger partial charge in [-0.2, -0.15) is 0 Å². The van der Waals surface area contributed by atoms with Crippen LogP contribution in [-0.2, 0) is 20.2 Å². The van der Waals surface area contributed by atoms with Gasteiger partial charge >= 0.3 is 0 Å². The number of halogens is 1. The Bertz CT molecular complexity index is 667. The molecule has 1 saturated carbocycles. The number of hydrogen-bond donors (Lipinski definition) is 1. The largest absolute Gasteiger partial charge is 0.348 e. The van der Waals surface area contributed by atoms with Crippen LogP contribution in [0.1, 0.15) is 31.7 Å². The monoisotopic (exact) mass is 342 g/mol. The highest BCUT2D eigenvalue weighted by atomic mass is 32.2. The maximum Gasteiger partial charge on any atom is 0.241 e. The summed E-state index contributed by atoms with van der Waals surface area (Å²) < 4.78 is 40.3. The fourth-order valence-corrected chi connectivity index (χ4v) is 4.04. The molecule has 0 bridgehead atoms. The van der Waals surface area contributed by atoms with Gasteiger partial charge in [0.25, 0.3) is 0 Å². The molecule has 1 amide bonds. The Kier molecular flexibility index (Phi) is 5.10. The summed E-state index contributed by atoms with van der Waals surface area (Å²) in [4.78, 5) is 13.1. The number of carbonyl (C=O) groups is 1. The molecular weight excluding hydrogens is 319 g/mol. The number of hydrogen-bond acceptors (Lipinski definition) is 3. The van der Waals surface area contributed by atoms with Crippen LogP contribution in [0.2, 0.25) is 0 Å². The van der Waals surface area contributed by atoms with Crippen LogP contribution in [0.15, 0.2) is 24.3 Å². The fraction of sp³-hybridized carbons (Fsp3) is 0.562. The van der Waals surface area contributed by atoms with E-state index in [-0.39, 0.29) is 17.8 Å². The number of sulfonamides is 1. The third-order valence-corrected chi connectivity index (χ3v) is 6.31. The van der Waals surface area contributed by atoms with E-state index in [1.807, 2.05) is 0 Å². The Hall–Kier alpha value is -1.47. The van der Waals surface area contributed by atoms with Crippen molar-refractivity contribution in [2.24, 2.45) is 0 Å². The molecule has 0 saturated heterocycles. The molecule has 1 fully saturated rings. The van der Waals surface area contributed by atoms with E-state index >= 15 is 0 Å². The molecule has 23 heavy (non-hydrogen) atoms. The van der Waals surface area contributed by atoms with Crippen molar-refractivity contribution in [2.75, 3.05) is 20.6 Å². The van der Waals surface area contributed by atoms with Gasteiger partial charge in [-0.3, -0.25) is 4.79 Å². The normalized spacial score (nSPS) is 18.1. The SMILES string of the molecule is C[C@@H](C(=O)N(C)C)S(=O)(=O)NCC1(c2ccc(F)cc2)CCC1. The van der Waals surface area contributed by atoms with Gasteiger partial charge in [0, 0.05) is 26.1 Å². The molecule has 5 nitrogen and oxygen atoms in total. The molecule has 1 aromatic rings. The number of amides is 1. The van der Waals surface area contributed by atoms with E-state index in [0.29, 0.717) is 0 Å². The summed E-state index contributed by atoms with van der Waals surface area (Å²) in [7, 11) is -0.689. The zero-order chi connectivity index (χ0) is 17.3. The predicted octanol–water partition coefficient (Wildman–Crippen LogP) is 1.64.